The van der Waals surface area contributed by atoms with Crippen LogP contribution in [-0.2, 0) is 4.79 Å². The number of aromatic nitrogens is 1. The number of ether oxygens (including phenoxy) is 2. The Balaban J connectivity index is 1.49. The smallest absolute Gasteiger partial charge is 0.309 e. The summed E-state index contributed by atoms with van der Waals surface area (Å²) in [7, 11) is 1.32. The highest BCUT2D eigenvalue weighted by Gasteiger charge is 2.38. The number of anilines is 1. The summed E-state index contributed by atoms with van der Waals surface area (Å²) >= 11 is 0. The summed E-state index contributed by atoms with van der Waals surface area (Å²) in [5.41, 5.74) is -0.242. The van der Waals surface area contributed by atoms with Crippen LogP contribution in [0.5, 0.6) is 11.5 Å². The molecular formula is C28H34FN3O6. The van der Waals surface area contributed by atoms with E-state index in [0.717, 1.165) is 25.3 Å². The highest BCUT2D eigenvalue weighted by atomic mass is 19.1. The number of benzene rings is 1. The van der Waals surface area contributed by atoms with Gasteiger partial charge in [0.15, 0.2) is 11.6 Å². The molecule has 2 fully saturated rings. The van der Waals surface area contributed by atoms with Crippen molar-refractivity contribution in [2.75, 3.05) is 19.0 Å². The molecule has 2 aromatic rings. The molecule has 38 heavy (non-hydrogen) atoms. The summed E-state index contributed by atoms with van der Waals surface area (Å²) < 4.78 is 25.9. The van der Waals surface area contributed by atoms with Crippen molar-refractivity contribution in [1.29, 1.82) is 0 Å². The SMILES string of the molecule is COc1cc(F)c(O[C@H]2CC[C@@](C)(C(=O)O)CC2)cc1C(=O)Nc1cnccc1C(=O)NCC1(C)CCC1. The molecule has 2 aliphatic rings. The number of rotatable bonds is 9. The Kier molecular flexibility index (Phi) is 7.89. The summed E-state index contributed by atoms with van der Waals surface area (Å²) in [5, 5.41) is 15.1. The number of hydrogen-bond acceptors (Lipinski definition) is 6. The molecule has 1 aromatic carbocycles. The van der Waals surface area contributed by atoms with Crippen LogP contribution in [-0.4, -0.2) is 47.6 Å². The van der Waals surface area contributed by atoms with E-state index in [-0.39, 0.29) is 45.7 Å². The Labute approximate surface area is 221 Å². The maximum absolute atomic E-state index is 14.8. The lowest BCUT2D eigenvalue weighted by molar-refractivity contribution is -0.150. The third kappa shape index (κ3) is 5.89. The Morgan fingerprint density at radius 1 is 1.08 bits per heavy atom. The number of halogens is 1. The van der Waals surface area contributed by atoms with Crippen LogP contribution in [0, 0.1) is 16.6 Å². The highest BCUT2D eigenvalue weighted by Crippen LogP contribution is 2.40. The van der Waals surface area contributed by atoms with Crippen molar-refractivity contribution in [1.82, 2.24) is 10.3 Å². The van der Waals surface area contributed by atoms with Crippen molar-refractivity contribution in [3.63, 3.8) is 0 Å². The van der Waals surface area contributed by atoms with Crippen molar-refractivity contribution < 1.29 is 33.4 Å². The van der Waals surface area contributed by atoms with Gasteiger partial charge in [-0.25, -0.2) is 4.39 Å². The van der Waals surface area contributed by atoms with Gasteiger partial charge in [-0.1, -0.05) is 13.3 Å². The number of amides is 2. The van der Waals surface area contributed by atoms with Gasteiger partial charge in [0.25, 0.3) is 11.8 Å². The second-order valence-electron chi connectivity index (χ2n) is 10.9. The van der Waals surface area contributed by atoms with Gasteiger partial charge >= 0.3 is 5.97 Å². The molecule has 0 atom stereocenters. The third-order valence-corrected chi connectivity index (χ3v) is 7.90. The highest BCUT2D eigenvalue weighted by molar-refractivity contribution is 6.10. The van der Waals surface area contributed by atoms with Crippen LogP contribution in [0.1, 0.15) is 79.5 Å². The molecule has 0 aliphatic heterocycles. The van der Waals surface area contributed by atoms with E-state index in [1.807, 2.05) is 0 Å². The van der Waals surface area contributed by atoms with Crippen LogP contribution in [0.25, 0.3) is 0 Å². The number of nitrogens with one attached hydrogen (secondary N) is 2. The molecule has 0 radical (unpaired) electrons. The van der Waals surface area contributed by atoms with Gasteiger partial charge in [-0.15, -0.1) is 0 Å². The molecule has 1 heterocycles. The lowest BCUT2D eigenvalue weighted by atomic mass is 9.70. The van der Waals surface area contributed by atoms with Crippen molar-refractivity contribution in [3.05, 3.63) is 47.5 Å². The van der Waals surface area contributed by atoms with E-state index < -0.39 is 23.1 Å². The Morgan fingerprint density at radius 3 is 2.39 bits per heavy atom. The summed E-state index contributed by atoms with van der Waals surface area (Å²) in [5.74, 6) is -2.62. The fraction of sp³-hybridized carbons (Fsp3) is 0.500. The summed E-state index contributed by atoms with van der Waals surface area (Å²) in [4.78, 5) is 41.7. The Morgan fingerprint density at radius 2 is 1.79 bits per heavy atom. The van der Waals surface area contributed by atoms with E-state index in [1.54, 1.807) is 6.92 Å². The minimum Gasteiger partial charge on any atom is -0.496 e. The minimum absolute atomic E-state index is 0.00208. The van der Waals surface area contributed by atoms with Crippen LogP contribution in [0.4, 0.5) is 10.1 Å². The number of aliphatic carboxylic acids is 1. The number of carbonyl (C=O) groups is 3. The third-order valence-electron chi connectivity index (χ3n) is 7.90. The second-order valence-corrected chi connectivity index (χ2v) is 10.9. The van der Waals surface area contributed by atoms with Crippen molar-refractivity contribution in [3.8, 4) is 11.5 Å². The molecule has 0 bridgehead atoms. The van der Waals surface area contributed by atoms with Gasteiger partial charge in [-0.2, -0.15) is 0 Å². The number of carboxylic acids is 1. The maximum atomic E-state index is 14.8. The number of carbonyl (C=O) groups excluding carboxylic acids is 2. The zero-order chi connectivity index (χ0) is 27.5. The normalized spacial score (nSPS) is 22.1. The number of pyridine rings is 1. The van der Waals surface area contributed by atoms with Gasteiger partial charge in [0.2, 0.25) is 0 Å². The average Bonchev–Trinajstić information content (AvgIpc) is 2.88. The molecule has 1 aromatic heterocycles. The number of carboxylic acid groups (broad SMARTS) is 1. The lowest BCUT2D eigenvalue weighted by Gasteiger charge is -2.38. The van der Waals surface area contributed by atoms with Gasteiger partial charge in [0.1, 0.15) is 5.75 Å². The van der Waals surface area contributed by atoms with Gasteiger partial charge in [-0.05, 0) is 63.0 Å². The first-order chi connectivity index (χ1) is 18.0. The van der Waals surface area contributed by atoms with E-state index in [0.29, 0.717) is 32.2 Å². The maximum Gasteiger partial charge on any atom is 0.309 e. The molecule has 2 aliphatic carbocycles. The average molecular weight is 528 g/mol. The van der Waals surface area contributed by atoms with Gasteiger partial charge in [-0.3, -0.25) is 19.4 Å². The molecule has 204 valence electrons. The molecule has 3 N–H and O–H groups in total. The first-order valence-electron chi connectivity index (χ1n) is 12.8. The van der Waals surface area contributed by atoms with E-state index in [9.17, 15) is 23.9 Å². The molecule has 2 saturated carbocycles. The molecule has 4 rings (SSSR count). The quantitative estimate of drug-likeness (QED) is 0.427. The number of hydrogen-bond donors (Lipinski definition) is 3. The van der Waals surface area contributed by atoms with Crippen LogP contribution >= 0.6 is 0 Å². The van der Waals surface area contributed by atoms with Gasteiger partial charge in [0.05, 0.1) is 41.6 Å². The number of methoxy groups -OCH3 is 1. The lowest BCUT2D eigenvalue weighted by Crippen LogP contribution is -2.40. The van der Waals surface area contributed by atoms with E-state index in [2.05, 4.69) is 22.5 Å². The Bertz CT molecular complexity index is 1220. The summed E-state index contributed by atoms with van der Waals surface area (Å²) in [6, 6.07) is 3.87. The molecule has 9 nitrogen and oxygen atoms in total. The van der Waals surface area contributed by atoms with Crippen LogP contribution in [0.2, 0.25) is 0 Å². The molecule has 0 spiro atoms. The number of nitrogens with zero attached hydrogens (tertiary/aromatic N) is 1. The zero-order valence-corrected chi connectivity index (χ0v) is 21.9. The molecule has 0 saturated heterocycles. The van der Waals surface area contributed by atoms with Gasteiger partial charge < -0.3 is 25.2 Å². The molecular weight excluding hydrogens is 493 g/mol. The van der Waals surface area contributed by atoms with Gasteiger partial charge in [0, 0.05) is 18.8 Å². The monoisotopic (exact) mass is 527 g/mol. The largest absolute Gasteiger partial charge is 0.496 e. The predicted molar refractivity (Wildman–Crippen MR) is 138 cm³/mol. The molecule has 0 unspecified atom stereocenters. The fourth-order valence-electron chi connectivity index (χ4n) is 4.94. The Hall–Kier alpha value is -3.69. The van der Waals surface area contributed by atoms with E-state index >= 15 is 0 Å². The molecule has 2 amide bonds. The standard InChI is InChI=1S/C28H34FN3O6/c1-27(8-4-9-27)16-31-24(33)18-7-12-30-15-21(18)32-25(34)19-13-23(20(29)14-22(19)37-3)38-17-5-10-28(2,11-6-17)26(35)36/h7,12-15,17H,4-6,8-11,16H2,1-3H3,(H,31,33)(H,32,34)(H,35,36)/t17-,28+. The summed E-state index contributed by atoms with van der Waals surface area (Å²) in [6.07, 6.45) is 7.44. The predicted octanol–water partition coefficient (Wildman–Crippen LogP) is 4.81. The zero-order valence-electron chi connectivity index (χ0n) is 21.9. The summed E-state index contributed by atoms with van der Waals surface area (Å²) in [6.45, 7) is 4.37. The first-order valence-corrected chi connectivity index (χ1v) is 12.8. The van der Waals surface area contributed by atoms with Crippen LogP contribution < -0.4 is 20.1 Å². The molecule has 10 heteroatoms. The van der Waals surface area contributed by atoms with Crippen molar-refractivity contribution in [2.45, 2.75) is 64.9 Å². The van der Waals surface area contributed by atoms with E-state index in [1.165, 1.54) is 31.6 Å². The first kappa shape index (κ1) is 27.3. The van der Waals surface area contributed by atoms with E-state index in [4.69, 9.17) is 9.47 Å². The topological polar surface area (TPSA) is 127 Å². The minimum atomic E-state index is -0.855. The second kappa shape index (κ2) is 11.0. The van der Waals surface area contributed by atoms with Crippen molar-refractivity contribution in [2.24, 2.45) is 10.8 Å². The fourth-order valence-corrected chi connectivity index (χ4v) is 4.94. The van der Waals surface area contributed by atoms with Crippen molar-refractivity contribution >= 4 is 23.5 Å². The van der Waals surface area contributed by atoms with Crippen LogP contribution in [0.15, 0.2) is 30.6 Å². The van der Waals surface area contributed by atoms with Crippen LogP contribution in [0.3, 0.4) is 0 Å².